The molecule has 0 amide bonds. The third-order valence-electron chi connectivity index (χ3n) is 7.04. The van der Waals surface area contributed by atoms with Gasteiger partial charge in [0, 0.05) is 30.1 Å². The Labute approximate surface area is 196 Å². The minimum Gasteiger partial charge on any atom is -0.463 e. The number of thioether (sulfide) groups is 1. The second-order valence-electron chi connectivity index (χ2n) is 9.14. The standard InChI is InChI=1S/C26H37NO4S/c1-29-26(28)24(31-22-7-3-2-4-8-22)19-20-11-13-21(14-12-20)30-17-15-27-16-18-32-25-10-6-5-9-23(25)27/h2-4,7-8,19-21,23,25H,5-6,9-18H2,1H3/b24-19-. The second kappa shape index (κ2) is 12.1. The average Bonchev–Trinajstić information content (AvgIpc) is 2.85. The largest absolute Gasteiger partial charge is 0.463 e. The topological polar surface area (TPSA) is 48.0 Å². The summed E-state index contributed by atoms with van der Waals surface area (Å²) in [5.74, 6) is 2.10. The van der Waals surface area contributed by atoms with Gasteiger partial charge in [-0.1, -0.05) is 31.0 Å². The van der Waals surface area contributed by atoms with E-state index >= 15 is 0 Å². The van der Waals surface area contributed by atoms with Crippen molar-refractivity contribution in [3.05, 3.63) is 42.2 Å². The van der Waals surface area contributed by atoms with E-state index in [1.54, 1.807) is 0 Å². The third-order valence-corrected chi connectivity index (χ3v) is 8.44. The predicted octanol–water partition coefficient (Wildman–Crippen LogP) is 5.06. The second-order valence-corrected chi connectivity index (χ2v) is 10.5. The molecule has 3 fully saturated rings. The van der Waals surface area contributed by atoms with Crippen molar-refractivity contribution in [2.45, 2.75) is 68.8 Å². The molecule has 1 heterocycles. The molecular weight excluding hydrogens is 422 g/mol. The van der Waals surface area contributed by atoms with Gasteiger partial charge in [-0.15, -0.1) is 0 Å². The highest BCUT2D eigenvalue weighted by Crippen LogP contribution is 2.35. The molecule has 2 aliphatic carbocycles. The number of fused-ring (bicyclic) bond motifs is 1. The fourth-order valence-corrected chi connectivity index (χ4v) is 6.79. The van der Waals surface area contributed by atoms with Crippen molar-refractivity contribution in [3.63, 3.8) is 0 Å². The van der Waals surface area contributed by atoms with Gasteiger partial charge < -0.3 is 14.2 Å². The first-order chi connectivity index (χ1) is 15.7. The molecule has 1 aliphatic heterocycles. The first kappa shape index (κ1) is 23.7. The molecule has 1 saturated heterocycles. The van der Waals surface area contributed by atoms with Gasteiger partial charge in [-0.2, -0.15) is 11.8 Å². The van der Waals surface area contributed by atoms with Crippen LogP contribution in [0.25, 0.3) is 0 Å². The van der Waals surface area contributed by atoms with Crippen LogP contribution in [-0.4, -0.2) is 60.8 Å². The van der Waals surface area contributed by atoms with Gasteiger partial charge >= 0.3 is 5.97 Å². The van der Waals surface area contributed by atoms with Crippen LogP contribution in [0.3, 0.4) is 0 Å². The Balaban J connectivity index is 1.22. The van der Waals surface area contributed by atoms with E-state index in [1.165, 1.54) is 45.1 Å². The Hall–Kier alpha value is -1.50. The van der Waals surface area contributed by atoms with E-state index < -0.39 is 5.97 Å². The number of hydrogen-bond donors (Lipinski definition) is 0. The smallest absolute Gasteiger partial charge is 0.373 e. The molecule has 2 atom stereocenters. The first-order valence-corrected chi connectivity index (χ1v) is 13.3. The molecule has 1 aromatic rings. The zero-order chi connectivity index (χ0) is 22.2. The van der Waals surface area contributed by atoms with Crippen LogP contribution in [0.2, 0.25) is 0 Å². The van der Waals surface area contributed by atoms with E-state index in [4.69, 9.17) is 14.2 Å². The summed E-state index contributed by atoms with van der Waals surface area (Å²) >= 11 is 2.19. The van der Waals surface area contributed by atoms with Crippen LogP contribution in [-0.2, 0) is 14.3 Å². The van der Waals surface area contributed by atoms with Crippen molar-refractivity contribution in [2.24, 2.45) is 5.92 Å². The molecule has 6 heteroatoms. The van der Waals surface area contributed by atoms with Crippen LogP contribution in [0.1, 0.15) is 51.4 Å². The average molecular weight is 460 g/mol. The van der Waals surface area contributed by atoms with Crippen molar-refractivity contribution in [3.8, 4) is 5.75 Å². The number of carbonyl (C=O) groups excluding carboxylic acids is 1. The fourth-order valence-electron chi connectivity index (χ4n) is 5.29. The fraction of sp³-hybridized carbons (Fsp3) is 0.654. The molecule has 3 aliphatic rings. The van der Waals surface area contributed by atoms with Gasteiger partial charge in [0.1, 0.15) is 5.75 Å². The molecule has 0 N–H and O–H groups in total. The summed E-state index contributed by atoms with van der Waals surface area (Å²) in [6, 6.07) is 10.2. The van der Waals surface area contributed by atoms with E-state index in [0.29, 0.717) is 17.8 Å². The number of hydrogen-bond acceptors (Lipinski definition) is 6. The number of allylic oxidation sites excluding steroid dienone is 1. The van der Waals surface area contributed by atoms with Gasteiger partial charge in [0.25, 0.3) is 0 Å². The van der Waals surface area contributed by atoms with Crippen LogP contribution in [0.15, 0.2) is 42.2 Å². The van der Waals surface area contributed by atoms with Crippen molar-refractivity contribution >= 4 is 17.7 Å². The van der Waals surface area contributed by atoms with Crippen LogP contribution in [0.4, 0.5) is 0 Å². The number of rotatable bonds is 8. The summed E-state index contributed by atoms with van der Waals surface area (Å²) in [5, 5.41) is 0.849. The number of methoxy groups -OCH3 is 1. The van der Waals surface area contributed by atoms with Crippen LogP contribution in [0, 0.1) is 5.92 Å². The quantitative estimate of drug-likeness (QED) is 0.308. The zero-order valence-corrected chi connectivity index (χ0v) is 20.1. The molecule has 5 nitrogen and oxygen atoms in total. The molecular formula is C26H37NO4S. The van der Waals surface area contributed by atoms with Crippen LogP contribution < -0.4 is 4.74 Å². The highest BCUT2D eigenvalue weighted by Gasteiger charge is 2.33. The van der Waals surface area contributed by atoms with E-state index in [2.05, 4.69) is 16.7 Å². The molecule has 0 aromatic heterocycles. The monoisotopic (exact) mass is 459 g/mol. The Kier molecular flexibility index (Phi) is 8.94. The zero-order valence-electron chi connectivity index (χ0n) is 19.2. The summed E-state index contributed by atoms with van der Waals surface area (Å²) in [5.41, 5.74) is 0. The summed E-state index contributed by atoms with van der Waals surface area (Å²) in [6.45, 7) is 3.12. The van der Waals surface area contributed by atoms with E-state index in [0.717, 1.165) is 50.1 Å². The van der Waals surface area contributed by atoms with Gasteiger partial charge in [-0.3, -0.25) is 4.90 Å². The molecule has 2 saturated carbocycles. The van der Waals surface area contributed by atoms with Crippen LogP contribution >= 0.6 is 11.8 Å². The summed E-state index contributed by atoms with van der Waals surface area (Å²) in [4.78, 5) is 14.9. The lowest BCUT2D eigenvalue weighted by Crippen LogP contribution is -2.50. The molecule has 0 radical (unpaired) electrons. The summed E-state index contributed by atoms with van der Waals surface area (Å²) in [6.07, 6.45) is 11.9. The SMILES string of the molecule is COC(=O)/C(=C/C1CCC(OCCN2CCSC3CCCCC32)CC1)Oc1ccccc1. The predicted molar refractivity (Wildman–Crippen MR) is 129 cm³/mol. The van der Waals surface area contributed by atoms with Gasteiger partial charge in [0.05, 0.1) is 19.8 Å². The van der Waals surface area contributed by atoms with E-state index in [1.807, 2.05) is 36.4 Å². The maximum atomic E-state index is 12.2. The lowest BCUT2D eigenvalue weighted by Gasteiger charge is -2.43. The number of para-hydroxylation sites is 1. The highest BCUT2D eigenvalue weighted by atomic mass is 32.2. The van der Waals surface area contributed by atoms with Gasteiger partial charge in [0.15, 0.2) is 0 Å². The van der Waals surface area contributed by atoms with Crippen molar-refractivity contribution in [2.75, 3.05) is 32.6 Å². The number of carbonyl (C=O) groups is 1. The summed E-state index contributed by atoms with van der Waals surface area (Å²) in [7, 11) is 1.39. The Morgan fingerprint density at radius 2 is 1.88 bits per heavy atom. The molecule has 0 spiro atoms. The molecule has 4 rings (SSSR count). The Morgan fingerprint density at radius 1 is 1.09 bits per heavy atom. The molecule has 1 aromatic carbocycles. The summed E-state index contributed by atoms with van der Waals surface area (Å²) < 4.78 is 17.0. The van der Waals surface area contributed by atoms with Crippen LogP contribution in [0.5, 0.6) is 5.75 Å². The van der Waals surface area contributed by atoms with Crippen molar-refractivity contribution in [1.29, 1.82) is 0 Å². The Morgan fingerprint density at radius 3 is 2.66 bits per heavy atom. The van der Waals surface area contributed by atoms with Crippen molar-refractivity contribution in [1.82, 2.24) is 4.90 Å². The normalized spacial score (nSPS) is 29.2. The number of esters is 1. The molecule has 176 valence electrons. The number of ether oxygens (including phenoxy) is 3. The third kappa shape index (κ3) is 6.52. The van der Waals surface area contributed by atoms with E-state index in [-0.39, 0.29) is 5.76 Å². The number of benzene rings is 1. The highest BCUT2D eigenvalue weighted by molar-refractivity contribution is 8.00. The minimum atomic E-state index is -0.423. The molecule has 0 bridgehead atoms. The lowest BCUT2D eigenvalue weighted by molar-refractivity contribution is -0.138. The first-order valence-electron chi connectivity index (χ1n) is 12.2. The molecule has 32 heavy (non-hydrogen) atoms. The number of nitrogens with zero attached hydrogens (tertiary/aromatic N) is 1. The van der Waals surface area contributed by atoms with Crippen molar-refractivity contribution < 1.29 is 19.0 Å². The molecule has 2 unspecified atom stereocenters. The minimum absolute atomic E-state index is 0.285. The van der Waals surface area contributed by atoms with Gasteiger partial charge in [-0.05, 0) is 62.7 Å². The maximum Gasteiger partial charge on any atom is 0.373 e. The van der Waals surface area contributed by atoms with Gasteiger partial charge in [-0.25, -0.2) is 4.79 Å². The Bertz CT molecular complexity index is 745. The van der Waals surface area contributed by atoms with E-state index in [9.17, 15) is 4.79 Å². The van der Waals surface area contributed by atoms with Gasteiger partial charge in [0.2, 0.25) is 5.76 Å². The lowest BCUT2D eigenvalue weighted by atomic mass is 9.87. The maximum absolute atomic E-state index is 12.2.